The molecule has 4 heterocycles. The van der Waals surface area contributed by atoms with E-state index in [0.717, 1.165) is 22.2 Å². The number of aromatic nitrogens is 4. The summed E-state index contributed by atoms with van der Waals surface area (Å²) in [6.45, 7) is 2.17. The van der Waals surface area contributed by atoms with Crippen molar-refractivity contribution in [1.29, 1.82) is 0 Å². The average molecular weight is 506 g/mol. The smallest absolute Gasteiger partial charge is 0.387 e. The fraction of sp³-hybridized carbons (Fsp3) is 0.333. The maximum absolute atomic E-state index is 13.4. The van der Waals surface area contributed by atoms with Crippen LogP contribution in [0.25, 0.3) is 22.2 Å². The number of rotatable bonds is 4. The number of aliphatic hydroxyl groups is 1. The minimum Gasteiger partial charge on any atom is -0.434 e. The van der Waals surface area contributed by atoms with Gasteiger partial charge in [-0.25, -0.2) is 15.0 Å². The number of fused-ring (bicyclic) bond motifs is 9. The van der Waals surface area contributed by atoms with Crippen molar-refractivity contribution in [3.05, 3.63) is 71.6 Å². The van der Waals surface area contributed by atoms with Crippen molar-refractivity contribution in [3.63, 3.8) is 0 Å². The van der Waals surface area contributed by atoms with Gasteiger partial charge >= 0.3 is 6.61 Å². The molecule has 190 valence electrons. The van der Waals surface area contributed by atoms with Crippen LogP contribution in [0, 0.1) is 0 Å². The number of amides is 1. The molecule has 37 heavy (non-hydrogen) atoms. The zero-order valence-electron chi connectivity index (χ0n) is 20.7. The van der Waals surface area contributed by atoms with Crippen LogP contribution in [0.1, 0.15) is 60.8 Å². The van der Waals surface area contributed by atoms with Gasteiger partial charge < -0.3 is 19.3 Å². The van der Waals surface area contributed by atoms with Crippen LogP contribution in [0.2, 0.25) is 0 Å². The summed E-state index contributed by atoms with van der Waals surface area (Å²) in [4.78, 5) is 28.6. The number of nitrogens with zero attached hydrogens (tertiary/aromatic N) is 5. The van der Waals surface area contributed by atoms with E-state index in [4.69, 9.17) is 9.72 Å². The van der Waals surface area contributed by atoms with E-state index in [1.165, 1.54) is 6.07 Å². The topological polar surface area (TPSA) is 93.4 Å². The number of alkyl halides is 2. The molecule has 1 amide bonds. The first-order chi connectivity index (χ1) is 17.5. The van der Waals surface area contributed by atoms with Crippen LogP contribution >= 0.6 is 0 Å². The Labute approximate surface area is 211 Å². The summed E-state index contributed by atoms with van der Waals surface area (Å²) in [6.07, 6.45) is 3.78. The Hall–Kier alpha value is -3.92. The highest BCUT2D eigenvalue weighted by Crippen LogP contribution is 2.53. The van der Waals surface area contributed by atoms with Crippen LogP contribution in [0.4, 0.5) is 8.78 Å². The largest absolute Gasteiger partial charge is 0.434 e. The molecule has 6 rings (SSSR count). The van der Waals surface area contributed by atoms with E-state index in [1.807, 2.05) is 29.7 Å². The van der Waals surface area contributed by atoms with E-state index in [2.05, 4.69) is 9.97 Å². The van der Waals surface area contributed by atoms with Crippen LogP contribution in [-0.2, 0) is 11.1 Å². The maximum Gasteiger partial charge on any atom is 0.387 e. The molecule has 0 aliphatic carbocycles. The lowest BCUT2D eigenvalue weighted by molar-refractivity contribution is -0.0507. The molecule has 0 spiro atoms. The van der Waals surface area contributed by atoms with Crippen LogP contribution in [0.3, 0.4) is 0 Å². The van der Waals surface area contributed by atoms with E-state index in [1.54, 1.807) is 50.3 Å². The molecule has 2 aromatic heterocycles. The monoisotopic (exact) mass is 505 g/mol. The fourth-order valence-electron chi connectivity index (χ4n) is 5.52. The number of imidazole rings is 1. The summed E-state index contributed by atoms with van der Waals surface area (Å²) in [7, 11) is 1.72. The number of benzene rings is 2. The molecular weight excluding hydrogens is 480 g/mol. The standard InChI is InChI=1S/C27H25F2N5O3/c1-26(2,36)23-30-12-15(13-31-23)14-8-9-17-18(10-14)34-19-11-27(3,24(34)32-17)33(4)22(35)16-6-5-7-20(21(16)19)37-25(28)29/h5-10,12-13,19,25,36H,11H2,1-4H3/t19-,27-/m1/s1. The number of hydrogen-bond donors (Lipinski definition) is 1. The minimum absolute atomic E-state index is 0.00929. The quantitative estimate of drug-likeness (QED) is 0.435. The summed E-state index contributed by atoms with van der Waals surface area (Å²) < 4.78 is 33.6. The van der Waals surface area contributed by atoms with Crippen LogP contribution in [0.5, 0.6) is 5.75 Å². The predicted octanol–water partition coefficient (Wildman–Crippen LogP) is 4.62. The van der Waals surface area contributed by atoms with Gasteiger partial charge in [-0.1, -0.05) is 12.1 Å². The Morgan fingerprint density at radius 2 is 1.89 bits per heavy atom. The van der Waals surface area contributed by atoms with Crippen molar-refractivity contribution in [2.45, 2.75) is 51.0 Å². The molecule has 0 radical (unpaired) electrons. The van der Waals surface area contributed by atoms with Crippen LogP contribution in [0.15, 0.2) is 48.8 Å². The van der Waals surface area contributed by atoms with Crippen molar-refractivity contribution in [1.82, 2.24) is 24.4 Å². The molecule has 0 saturated carbocycles. The third-order valence-corrected chi connectivity index (χ3v) is 7.50. The summed E-state index contributed by atoms with van der Waals surface area (Å²) in [5.74, 6) is 0.732. The van der Waals surface area contributed by atoms with Crippen LogP contribution < -0.4 is 4.74 Å². The maximum atomic E-state index is 13.4. The second-order valence-corrected chi connectivity index (χ2v) is 10.3. The highest BCUT2D eigenvalue weighted by atomic mass is 19.3. The lowest BCUT2D eigenvalue weighted by Crippen LogP contribution is -2.43. The molecular formula is C27H25F2N5O3. The number of ether oxygens (including phenoxy) is 1. The Morgan fingerprint density at radius 3 is 2.57 bits per heavy atom. The van der Waals surface area contributed by atoms with Crippen molar-refractivity contribution in [3.8, 4) is 16.9 Å². The molecule has 4 aromatic rings. The summed E-state index contributed by atoms with van der Waals surface area (Å²) in [5, 5.41) is 10.2. The highest BCUT2D eigenvalue weighted by molar-refractivity contribution is 5.98. The molecule has 2 aliphatic rings. The number of carbonyl (C=O) groups excluding carboxylic acids is 1. The van der Waals surface area contributed by atoms with Crippen molar-refractivity contribution < 1.29 is 23.4 Å². The summed E-state index contributed by atoms with van der Waals surface area (Å²) >= 11 is 0. The van der Waals surface area contributed by atoms with Gasteiger partial charge in [0, 0.05) is 42.6 Å². The van der Waals surface area contributed by atoms with E-state index >= 15 is 0 Å². The average Bonchev–Trinajstić information content (AvgIpc) is 3.35. The molecule has 2 aliphatic heterocycles. The number of hydrogen-bond acceptors (Lipinski definition) is 6. The van der Waals surface area contributed by atoms with Gasteiger partial charge in [0.05, 0.1) is 17.1 Å². The van der Waals surface area contributed by atoms with Gasteiger partial charge in [-0.2, -0.15) is 8.78 Å². The van der Waals surface area contributed by atoms with E-state index < -0.39 is 23.8 Å². The molecule has 1 N–H and O–H groups in total. The fourth-order valence-corrected chi connectivity index (χ4v) is 5.52. The van der Waals surface area contributed by atoms with Gasteiger partial charge in [0.25, 0.3) is 5.91 Å². The first-order valence-electron chi connectivity index (χ1n) is 11.9. The van der Waals surface area contributed by atoms with Gasteiger partial charge in [-0.05, 0) is 50.6 Å². The first kappa shape index (κ1) is 23.5. The highest BCUT2D eigenvalue weighted by Gasteiger charge is 2.52. The second-order valence-electron chi connectivity index (χ2n) is 10.3. The molecule has 8 nitrogen and oxygen atoms in total. The molecule has 2 aromatic carbocycles. The molecule has 10 heteroatoms. The number of carbonyl (C=O) groups is 1. The SMILES string of the molecule is CN1C(=O)c2cccc(OC(F)F)c2[C@H]2C[C@]1(C)c1nc3ccc(-c4cnc(C(C)(C)O)nc4)cc3n12. The third-order valence-electron chi connectivity index (χ3n) is 7.50. The zero-order valence-corrected chi connectivity index (χ0v) is 20.7. The van der Waals surface area contributed by atoms with Gasteiger partial charge in [0.15, 0.2) is 5.82 Å². The van der Waals surface area contributed by atoms with Crippen molar-refractivity contribution >= 4 is 16.9 Å². The second kappa shape index (κ2) is 7.79. The van der Waals surface area contributed by atoms with E-state index in [-0.39, 0.29) is 11.7 Å². The Kier molecular flexibility index (Phi) is 4.94. The normalized spacial score (nSPS) is 20.8. The van der Waals surface area contributed by atoms with Gasteiger partial charge in [0.2, 0.25) is 0 Å². The summed E-state index contributed by atoms with van der Waals surface area (Å²) in [6, 6.07) is 10.0. The molecule has 0 fully saturated rings. The Morgan fingerprint density at radius 1 is 1.16 bits per heavy atom. The predicted molar refractivity (Wildman–Crippen MR) is 131 cm³/mol. The lowest BCUT2D eigenvalue weighted by Gasteiger charge is -2.33. The zero-order chi connectivity index (χ0) is 26.3. The van der Waals surface area contributed by atoms with Crippen LogP contribution in [-0.4, -0.2) is 49.1 Å². The van der Waals surface area contributed by atoms with Gasteiger partial charge in [0.1, 0.15) is 22.7 Å². The first-order valence-corrected chi connectivity index (χ1v) is 11.9. The van der Waals surface area contributed by atoms with Gasteiger partial charge in [-0.3, -0.25) is 4.79 Å². The Balaban J connectivity index is 1.56. The summed E-state index contributed by atoms with van der Waals surface area (Å²) in [5.41, 5.74) is 1.98. The molecule has 2 bridgehead atoms. The van der Waals surface area contributed by atoms with E-state index in [0.29, 0.717) is 29.2 Å². The van der Waals surface area contributed by atoms with Gasteiger partial charge in [-0.15, -0.1) is 0 Å². The molecule has 0 saturated heterocycles. The van der Waals surface area contributed by atoms with E-state index in [9.17, 15) is 18.7 Å². The lowest BCUT2D eigenvalue weighted by atomic mass is 9.93. The Bertz CT molecular complexity index is 1560. The third kappa shape index (κ3) is 3.42. The molecule has 0 unspecified atom stereocenters. The number of halogens is 2. The van der Waals surface area contributed by atoms with Crippen molar-refractivity contribution in [2.75, 3.05) is 7.05 Å². The minimum atomic E-state index is -3.02. The van der Waals surface area contributed by atoms with Crippen molar-refractivity contribution in [2.24, 2.45) is 0 Å². The molecule has 2 atom stereocenters.